The molecule has 102 valence electrons. The fourth-order valence-electron chi connectivity index (χ4n) is 4.16. The molecule has 1 nitrogen and oxygen atoms in total. The Hall–Kier alpha value is -1.11. The summed E-state index contributed by atoms with van der Waals surface area (Å²) in [5.41, 5.74) is 5.79. The molecule has 3 rings (SSSR count). The molecule has 0 aromatic heterocycles. The number of hydrogen-bond donors (Lipinski definition) is 0. The third-order valence-corrected chi connectivity index (χ3v) is 5.33. The van der Waals surface area contributed by atoms with Gasteiger partial charge in [0.05, 0.1) is 0 Å². The summed E-state index contributed by atoms with van der Waals surface area (Å²) in [7, 11) is 0. The Morgan fingerprint density at radius 2 is 1.68 bits per heavy atom. The van der Waals surface area contributed by atoms with E-state index in [-0.39, 0.29) is 16.6 Å². The quantitative estimate of drug-likeness (QED) is 0.664. The molecule has 0 radical (unpaired) electrons. The van der Waals surface area contributed by atoms with Crippen molar-refractivity contribution in [2.75, 3.05) is 0 Å². The summed E-state index contributed by atoms with van der Waals surface area (Å²) in [5, 5.41) is 0. The molecule has 0 spiro atoms. The minimum Gasteiger partial charge on any atom is -0.295 e. The van der Waals surface area contributed by atoms with Gasteiger partial charge in [-0.25, -0.2) is 0 Å². The van der Waals surface area contributed by atoms with Crippen LogP contribution in [0.3, 0.4) is 0 Å². The van der Waals surface area contributed by atoms with Crippen LogP contribution >= 0.6 is 0 Å². The molecule has 1 aromatic rings. The van der Waals surface area contributed by atoms with Crippen molar-refractivity contribution in [3.05, 3.63) is 34.4 Å². The first-order chi connectivity index (χ1) is 8.72. The second-order valence-corrected chi connectivity index (χ2v) is 7.75. The zero-order chi connectivity index (χ0) is 14.0. The lowest BCUT2D eigenvalue weighted by Crippen LogP contribution is -2.25. The van der Waals surface area contributed by atoms with Crippen LogP contribution in [0.4, 0.5) is 0 Å². The van der Waals surface area contributed by atoms with Gasteiger partial charge in [-0.1, -0.05) is 27.7 Å². The van der Waals surface area contributed by atoms with Gasteiger partial charge in [-0.05, 0) is 71.8 Å². The summed E-state index contributed by atoms with van der Waals surface area (Å²) < 4.78 is 0. The van der Waals surface area contributed by atoms with E-state index in [0.29, 0.717) is 5.92 Å². The summed E-state index contributed by atoms with van der Waals surface area (Å²) in [4.78, 5) is 11.8. The van der Waals surface area contributed by atoms with Crippen LogP contribution in [0.15, 0.2) is 12.1 Å². The van der Waals surface area contributed by atoms with E-state index in [9.17, 15) is 4.79 Å². The van der Waals surface area contributed by atoms with Gasteiger partial charge in [0, 0.05) is 5.56 Å². The van der Waals surface area contributed by atoms with Crippen molar-refractivity contribution in [1.82, 2.24) is 0 Å². The van der Waals surface area contributed by atoms with Crippen LogP contribution in [0.5, 0.6) is 0 Å². The predicted molar refractivity (Wildman–Crippen MR) is 79.1 cm³/mol. The summed E-state index contributed by atoms with van der Waals surface area (Å²) in [6.07, 6.45) is 3.78. The molecule has 1 heteroatoms. The van der Waals surface area contributed by atoms with Crippen molar-refractivity contribution < 1.29 is 4.79 Å². The van der Waals surface area contributed by atoms with Gasteiger partial charge >= 0.3 is 0 Å². The van der Waals surface area contributed by atoms with Gasteiger partial charge in [-0.2, -0.15) is 0 Å². The molecule has 1 aromatic carbocycles. The predicted octanol–water partition coefficient (Wildman–Crippen LogP) is 4.73. The minimum absolute atomic E-state index is 0.194. The average molecular weight is 256 g/mol. The summed E-state index contributed by atoms with van der Waals surface area (Å²) in [6, 6.07) is 4.34. The average Bonchev–Trinajstić information content (AvgIpc) is 2.57. The largest absolute Gasteiger partial charge is 0.295 e. The second kappa shape index (κ2) is 3.71. The number of carbonyl (C=O) groups is 1. The van der Waals surface area contributed by atoms with E-state index in [1.165, 1.54) is 30.4 Å². The summed E-state index contributed by atoms with van der Waals surface area (Å²) >= 11 is 0. The monoisotopic (exact) mass is 256 g/mol. The van der Waals surface area contributed by atoms with Crippen molar-refractivity contribution in [3.63, 3.8) is 0 Å². The lowest BCUT2D eigenvalue weighted by atomic mass is 9.69. The van der Waals surface area contributed by atoms with Crippen LogP contribution in [0, 0.1) is 0 Å². The molecule has 0 heterocycles. The molecule has 0 N–H and O–H groups in total. The molecule has 1 atom stereocenters. The molecule has 19 heavy (non-hydrogen) atoms. The van der Waals surface area contributed by atoms with Gasteiger partial charge in [0.1, 0.15) is 0 Å². The molecule has 2 aliphatic rings. The van der Waals surface area contributed by atoms with Crippen molar-refractivity contribution in [2.45, 2.75) is 70.6 Å². The molecule has 0 saturated carbocycles. The molecule has 1 unspecified atom stereocenters. The highest BCUT2D eigenvalue weighted by Crippen LogP contribution is 2.55. The Morgan fingerprint density at radius 3 is 2.26 bits per heavy atom. The van der Waals surface area contributed by atoms with Gasteiger partial charge in [-0.15, -0.1) is 0 Å². The van der Waals surface area contributed by atoms with Gasteiger partial charge < -0.3 is 0 Å². The van der Waals surface area contributed by atoms with E-state index in [4.69, 9.17) is 0 Å². The molecule has 0 saturated heterocycles. The standard InChI is InChI=1S/C18H24O/c1-11(19)13-8-14-16-12(6-7-17(14,2)3)10-18(4,5)15(16)9-13/h8-9,12H,6-7,10H2,1-5H3. The molecular formula is C18H24O. The molecule has 2 aliphatic carbocycles. The number of Topliss-reactive ketones (excluding diaryl/α,β-unsaturated/α-hetero) is 1. The van der Waals surface area contributed by atoms with Crippen molar-refractivity contribution >= 4 is 5.78 Å². The van der Waals surface area contributed by atoms with Gasteiger partial charge in [0.2, 0.25) is 0 Å². The van der Waals surface area contributed by atoms with Crippen LogP contribution in [-0.2, 0) is 10.8 Å². The molecule has 0 aliphatic heterocycles. The van der Waals surface area contributed by atoms with Crippen LogP contribution in [-0.4, -0.2) is 5.78 Å². The zero-order valence-corrected chi connectivity index (χ0v) is 12.8. The third-order valence-electron chi connectivity index (χ3n) is 5.33. The first kappa shape index (κ1) is 12.9. The van der Waals surface area contributed by atoms with Crippen molar-refractivity contribution in [1.29, 1.82) is 0 Å². The molecule has 0 bridgehead atoms. The third kappa shape index (κ3) is 1.78. The lowest BCUT2D eigenvalue weighted by molar-refractivity contribution is 0.101. The maximum Gasteiger partial charge on any atom is 0.159 e. The van der Waals surface area contributed by atoms with E-state index in [0.717, 1.165) is 5.56 Å². The molecular weight excluding hydrogens is 232 g/mol. The maximum atomic E-state index is 11.8. The van der Waals surface area contributed by atoms with Gasteiger partial charge in [0.15, 0.2) is 5.78 Å². The van der Waals surface area contributed by atoms with E-state index in [2.05, 4.69) is 39.8 Å². The smallest absolute Gasteiger partial charge is 0.159 e. The Morgan fingerprint density at radius 1 is 1.11 bits per heavy atom. The fourth-order valence-corrected chi connectivity index (χ4v) is 4.16. The van der Waals surface area contributed by atoms with Crippen LogP contribution < -0.4 is 0 Å². The second-order valence-electron chi connectivity index (χ2n) is 7.75. The molecule has 0 amide bonds. The number of carbonyl (C=O) groups excluding carboxylic acids is 1. The Balaban J connectivity index is 2.32. The first-order valence-electron chi connectivity index (χ1n) is 7.42. The van der Waals surface area contributed by atoms with Crippen LogP contribution in [0.1, 0.15) is 86.8 Å². The Kier molecular flexibility index (Phi) is 2.52. The summed E-state index contributed by atoms with van der Waals surface area (Å²) in [6.45, 7) is 11.0. The number of ketones is 1. The maximum absolute atomic E-state index is 11.8. The van der Waals surface area contributed by atoms with E-state index in [1.54, 1.807) is 12.5 Å². The topological polar surface area (TPSA) is 17.1 Å². The highest BCUT2D eigenvalue weighted by atomic mass is 16.1. The lowest BCUT2D eigenvalue weighted by Gasteiger charge is -2.36. The number of benzene rings is 1. The minimum atomic E-state index is 0.194. The molecule has 0 fully saturated rings. The Labute approximate surface area is 116 Å². The van der Waals surface area contributed by atoms with E-state index in [1.807, 2.05) is 0 Å². The van der Waals surface area contributed by atoms with E-state index >= 15 is 0 Å². The zero-order valence-electron chi connectivity index (χ0n) is 12.8. The van der Waals surface area contributed by atoms with Crippen molar-refractivity contribution in [2.24, 2.45) is 0 Å². The highest BCUT2D eigenvalue weighted by Gasteiger charge is 2.44. The fraction of sp³-hybridized carbons (Fsp3) is 0.611. The normalized spacial score (nSPS) is 26.1. The highest BCUT2D eigenvalue weighted by molar-refractivity contribution is 5.95. The SMILES string of the molecule is CC(=O)c1cc2c3c(c1)C(C)(C)CC3CCC2(C)C. The first-order valence-corrected chi connectivity index (χ1v) is 7.42. The Bertz CT molecular complexity index is 563. The van der Waals surface area contributed by atoms with Crippen LogP contribution in [0.2, 0.25) is 0 Å². The van der Waals surface area contributed by atoms with Crippen LogP contribution in [0.25, 0.3) is 0 Å². The number of hydrogen-bond acceptors (Lipinski definition) is 1. The van der Waals surface area contributed by atoms with Crippen molar-refractivity contribution in [3.8, 4) is 0 Å². The van der Waals surface area contributed by atoms with Gasteiger partial charge in [0.25, 0.3) is 0 Å². The number of rotatable bonds is 1. The summed E-state index contributed by atoms with van der Waals surface area (Å²) in [5.74, 6) is 0.911. The van der Waals surface area contributed by atoms with E-state index < -0.39 is 0 Å². The van der Waals surface area contributed by atoms with Gasteiger partial charge in [-0.3, -0.25) is 4.79 Å².